The van der Waals surface area contributed by atoms with Crippen LogP contribution >= 0.6 is 0 Å². The Kier molecular flexibility index (Phi) is 5.49. The maximum absolute atomic E-state index is 12.7. The molecule has 28 heavy (non-hydrogen) atoms. The van der Waals surface area contributed by atoms with E-state index < -0.39 is 25.1 Å². The highest BCUT2D eigenvalue weighted by Gasteiger charge is 2.48. The predicted octanol–water partition coefficient (Wildman–Crippen LogP) is -0.338. The van der Waals surface area contributed by atoms with Gasteiger partial charge in [0.2, 0.25) is 0 Å². The molecule has 2 heterocycles. The molecule has 7 nitrogen and oxygen atoms in total. The zero-order valence-electron chi connectivity index (χ0n) is 14.7. The summed E-state index contributed by atoms with van der Waals surface area (Å²) in [5.41, 5.74) is 0.118. The van der Waals surface area contributed by atoms with Gasteiger partial charge in [-0.15, -0.1) is 0 Å². The molecule has 1 aromatic carbocycles. The van der Waals surface area contributed by atoms with Crippen LogP contribution in [0.1, 0.15) is 27.1 Å². The van der Waals surface area contributed by atoms with Crippen LogP contribution < -0.4 is 5.46 Å². The summed E-state index contributed by atoms with van der Waals surface area (Å²) < 4.78 is 37.9. The van der Waals surface area contributed by atoms with Crippen LogP contribution in [0.5, 0.6) is 0 Å². The Balaban J connectivity index is 1.71. The molecule has 0 aromatic heterocycles. The van der Waals surface area contributed by atoms with Gasteiger partial charge in [-0.1, -0.05) is 6.07 Å². The maximum Gasteiger partial charge on any atom is 0.489 e. The van der Waals surface area contributed by atoms with E-state index in [1.54, 1.807) is 0 Å². The Morgan fingerprint density at radius 2 is 1.75 bits per heavy atom. The van der Waals surface area contributed by atoms with Crippen molar-refractivity contribution in [2.45, 2.75) is 12.6 Å². The standard InChI is InChI=1S/C17H18BF3N2O5/c19-17(20,21)16(26)23-6-11-3-4-22(7-13(11)8-23)15(25)10-1-2-14(18(27)28)12(5-10)9-24/h1-2,5,9,11,13,27-28H,3-4,6-8H2. The Bertz CT molecular complexity index is 801. The van der Waals surface area contributed by atoms with E-state index in [-0.39, 0.29) is 48.1 Å². The van der Waals surface area contributed by atoms with Crippen LogP contribution in [0, 0.1) is 11.8 Å². The lowest BCUT2D eigenvalue weighted by Gasteiger charge is -2.34. The molecule has 2 aliphatic heterocycles. The van der Waals surface area contributed by atoms with Crippen molar-refractivity contribution >= 4 is 30.7 Å². The highest BCUT2D eigenvalue weighted by atomic mass is 19.4. The van der Waals surface area contributed by atoms with Crippen molar-refractivity contribution in [1.29, 1.82) is 0 Å². The third-order valence-corrected chi connectivity index (χ3v) is 5.36. The molecular weight excluding hydrogens is 380 g/mol. The van der Waals surface area contributed by atoms with Gasteiger partial charge in [0.05, 0.1) is 0 Å². The van der Waals surface area contributed by atoms with E-state index in [1.807, 2.05) is 0 Å². The number of halogens is 3. The molecule has 0 spiro atoms. The normalized spacial score (nSPS) is 22.0. The molecule has 1 aromatic rings. The second-order valence-electron chi connectivity index (χ2n) is 7.10. The van der Waals surface area contributed by atoms with Crippen LogP contribution in [0.15, 0.2) is 18.2 Å². The van der Waals surface area contributed by atoms with Gasteiger partial charge in [-0.05, 0) is 35.9 Å². The van der Waals surface area contributed by atoms with Crippen molar-refractivity contribution in [3.63, 3.8) is 0 Å². The number of piperidine rings is 1. The Labute approximate surface area is 158 Å². The summed E-state index contributed by atoms with van der Waals surface area (Å²) in [6.07, 6.45) is -4.02. The Hall–Kier alpha value is -2.40. The largest absolute Gasteiger partial charge is 0.489 e. The number of nitrogens with zero attached hydrogens (tertiary/aromatic N) is 2. The van der Waals surface area contributed by atoms with Gasteiger partial charge in [-0.3, -0.25) is 14.4 Å². The van der Waals surface area contributed by atoms with Crippen LogP contribution in [-0.4, -0.2) is 77.4 Å². The number of benzene rings is 1. The molecule has 2 unspecified atom stereocenters. The molecule has 2 saturated heterocycles. The van der Waals surface area contributed by atoms with E-state index in [0.717, 1.165) is 4.90 Å². The fourth-order valence-electron chi connectivity index (χ4n) is 3.93. The number of hydrogen-bond donors (Lipinski definition) is 2. The number of fused-ring (bicyclic) bond motifs is 1. The fourth-order valence-corrected chi connectivity index (χ4v) is 3.93. The van der Waals surface area contributed by atoms with Crippen LogP contribution in [-0.2, 0) is 4.79 Å². The summed E-state index contributed by atoms with van der Waals surface area (Å²) in [6.45, 7) is 0.520. The quantitative estimate of drug-likeness (QED) is 0.537. The van der Waals surface area contributed by atoms with Gasteiger partial charge in [0.1, 0.15) is 6.29 Å². The van der Waals surface area contributed by atoms with Gasteiger partial charge < -0.3 is 19.8 Å². The number of alkyl halides is 3. The average Bonchev–Trinajstić information content (AvgIpc) is 3.08. The minimum atomic E-state index is -4.91. The van der Waals surface area contributed by atoms with Gasteiger partial charge in [0.25, 0.3) is 5.91 Å². The molecule has 0 radical (unpaired) electrons. The minimum absolute atomic E-state index is 0.0256. The number of carbonyl (C=O) groups excluding carboxylic acids is 3. The van der Waals surface area contributed by atoms with Crippen molar-refractivity contribution in [2.75, 3.05) is 26.2 Å². The van der Waals surface area contributed by atoms with Crippen molar-refractivity contribution in [1.82, 2.24) is 9.80 Å². The zero-order valence-corrected chi connectivity index (χ0v) is 14.7. The first-order valence-electron chi connectivity index (χ1n) is 8.72. The molecule has 2 atom stereocenters. The smallest absolute Gasteiger partial charge is 0.423 e. The molecule has 2 fully saturated rings. The van der Waals surface area contributed by atoms with Gasteiger partial charge >= 0.3 is 19.2 Å². The highest BCUT2D eigenvalue weighted by Crippen LogP contribution is 2.34. The molecule has 11 heteroatoms. The summed E-state index contributed by atoms with van der Waals surface area (Å²) in [6, 6.07) is 3.89. The van der Waals surface area contributed by atoms with E-state index in [9.17, 15) is 37.6 Å². The molecule has 150 valence electrons. The molecule has 2 N–H and O–H groups in total. The summed E-state index contributed by atoms with van der Waals surface area (Å²) in [7, 11) is -1.85. The van der Waals surface area contributed by atoms with E-state index in [0.29, 0.717) is 19.3 Å². The number of carbonyl (C=O) groups is 3. The molecular formula is C17H18BF3N2O5. The van der Waals surface area contributed by atoms with E-state index >= 15 is 0 Å². The molecule has 0 saturated carbocycles. The van der Waals surface area contributed by atoms with E-state index in [2.05, 4.69) is 0 Å². The van der Waals surface area contributed by atoms with Gasteiger partial charge in [-0.25, -0.2) is 0 Å². The van der Waals surface area contributed by atoms with E-state index in [4.69, 9.17) is 0 Å². The van der Waals surface area contributed by atoms with Crippen LogP contribution in [0.4, 0.5) is 13.2 Å². The predicted molar refractivity (Wildman–Crippen MR) is 91.8 cm³/mol. The molecule has 2 aliphatic rings. The van der Waals surface area contributed by atoms with Crippen molar-refractivity contribution in [3.8, 4) is 0 Å². The lowest BCUT2D eigenvalue weighted by Crippen LogP contribution is -2.44. The Morgan fingerprint density at radius 1 is 1.11 bits per heavy atom. The number of hydrogen-bond acceptors (Lipinski definition) is 5. The zero-order chi connectivity index (χ0) is 20.6. The molecule has 2 amide bonds. The lowest BCUT2D eigenvalue weighted by molar-refractivity contribution is -0.184. The SMILES string of the molecule is O=Cc1cc(C(=O)N2CCC3CN(C(=O)C(F)(F)F)CC3C2)ccc1B(O)O. The van der Waals surface area contributed by atoms with Crippen LogP contribution in [0.2, 0.25) is 0 Å². The first-order valence-corrected chi connectivity index (χ1v) is 8.72. The molecule has 3 rings (SSSR count). The number of rotatable bonds is 3. The molecule has 0 aliphatic carbocycles. The van der Waals surface area contributed by atoms with Gasteiger partial charge in [-0.2, -0.15) is 13.2 Å². The fraction of sp³-hybridized carbons (Fsp3) is 0.471. The van der Waals surface area contributed by atoms with Gasteiger partial charge in [0, 0.05) is 37.3 Å². The minimum Gasteiger partial charge on any atom is -0.423 e. The summed E-state index contributed by atoms with van der Waals surface area (Å²) in [4.78, 5) is 37.6. The third-order valence-electron chi connectivity index (χ3n) is 5.36. The summed E-state index contributed by atoms with van der Waals surface area (Å²) >= 11 is 0. The molecule has 0 bridgehead atoms. The lowest BCUT2D eigenvalue weighted by atomic mass is 9.76. The first kappa shape index (κ1) is 20.3. The van der Waals surface area contributed by atoms with Gasteiger partial charge in [0.15, 0.2) is 0 Å². The second-order valence-corrected chi connectivity index (χ2v) is 7.10. The van der Waals surface area contributed by atoms with Crippen molar-refractivity contribution in [2.24, 2.45) is 11.8 Å². The second kappa shape index (κ2) is 7.55. The highest BCUT2D eigenvalue weighted by molar-refractivity contribution is 6.60. The number of likely N-dealkylation sites (tertiary alicyclic amines) is 2. The maximum atomic E-state index is 12.7. The summed E-state index contributed by atoms with van der Waals surface area (Å²) in [5.74, 6) is -2.59. The van der Waals surface area contributed by atoms with E-state index in [1.165, 1.54) is 23.1 Å². The third kappa shape index (κ3) is 3.90. The van der Waals surface area contributed by atoms with Crippen LogP contribution in [0.25, 0.3) is 0 Å². The summed E-state index contributed by atoms with van der Waals surface area (Å²) in [5, 5.41) is 18.5. The van der Waals surface area contributed by atoms with Crippen molar-refractivity contribution < 1.29 is 37.6 Å². The number of aldehydes is 1. The monoisotopic (exact) mass is 398 g/mol. The van der Waals surface area contributed by atoms with Crippen LogP contribution in [0.3, 0.4) is 0 Å². The number of amides is 2. The average molecular weight is 398 g/mol. The first-order chi connectivity index (χ1) is 13.1. The topological polar surface area (TPSA) is 98.2 Å². The Morgan fingerprint density at radius 3 is 2.36 bits per heavy atom. The van der Waals surface area contributed by atoms with Crippen molar-refractivity contribution in [3.05, 3.63) is 29.3 Å².